The summed E-state index contributed by atoms with van der Waals surface area (Å²) >= 11 is 0. The van der Waals surface area contributed by atoms with Crippen LogP contribution in [0.4, 0.5) is 0 Å². The van der Waals surface area contributed by atoms with Gasteiger partial charge in [0.15, 0.2) is 0 Å². The van der Waals surface area contributed by atoms with Gasteiger partial charge in [-0.25, -0.2) is 0 Å². The van der Waals surface area contributed by atoms with E-state index in [4.69, 9.17) is 0 Å². The van der Waals surface area contributed by atoms with Gasteiger partial charge in [-0.3, -0.25) is 4.90 Å². The van der Waals surface area contributed by atoms with E-state index in [1.807, 2.05) is 0 Å². The Morgan fingerprint density at radius 3 is 2.50 bits per heavy atom. The van der Waals surface area contributed by atoms with Crippen LogP contribution in [0, 0.1) is 5.92 Å². The van der Waals surface area contributed by atoms with Gasteiger partial charge in [-0.05, 0) is 44.8 Å². The van der Waals surface area contributed by atoms with Gasteiger partial charge < -0.3 is 5.32 Å². The molecule has 2 nitrogen and oxygen atoms in total. The monoisotopic (exact) mass is 224 g/mol. The van der Waals surface area contributed by atoms with Gasteiger partial charge >= 0.3 is 0 Å². The van der Waals surface area contributed by atoms with Gasteiger partial charge in [-0.2, -0.15) is 0 Å². The molecule has 0 spiro atoms. The molecule has 94 valence electrons. The molecule has 1 saturated carbocycles. The summed E-state index contributed by atoms with van der Waals surface area (Å²) in [5.41, 5.74) is 0. The molecule has 1 N–H and O–H groups in total. The van der Waals surface area contributed by atoms with Crippen LogP contribution < -0.4 is 5.32 Å². The van der Waals surface area contributed by atoms with Crippen molar-refractivity contribution >= 4 is 0 Å². The fraction of sp³-hybridized carbons (Fsp3) is 1.00. The molecule has 2 atom stereocenters. The van der Waals surface area contributed by atoms with Crippen LogP contribution in [0.25, 0.3) is 0 Å². The zero-order chi connectivity index (χ0) is 11.4. The van der Waals surface area contributed by atoms with Gasteiger partial charge in [-0.1, -0.05) is 33.1 Å². The summed E-state index contributed by atoms with van der Waals surface area (Å²) in [7, 11) is 0. The van der Waals surface area contributed by atoms with Crippen molar-refractivity contribution in [2.45, 2.75) is 64.5 Å². The van der Waals surface area contributed by atoms with Crippen molar-refractivity contribution in [3.05, 3.63) is 0 Å². The van der Waals surface area contributed by atoms with E-state index in [0.717, 1.165) is 18.0 Å². The zero-order valence-electron chi connectivity index (χ0n) is 11.0. The van der Waals surface area contributed by atoms with E-state index < -0.39 is 0 Å². The topological polar surface area (TPSA) is 15.3 Å². The average molecular weight is 224 g/mol. The van der Waals surface area contributed by atoms with Crippen LogP contribution in [0.1, 0.15) is 52.4 Å². The molecule has 1 saturated heterocycles. The standard InChI is InChI=1S/C14H28N2/c1-3-16(13-7-5-4-6-8-13)14-9-10-15-11-12(14)2/h12-15H,3-11H2,1-2H3. The highest BCUT2D eigenvalue weighted by Gasteiger charge is 2.31. The highest BCUT2D eigenvalue weighted by Crippen LogP contribution is 2.28. The van der Waals surface area contributed by atoms with Gasteiger partial charge in [0.05, 0.1) is 0 Å². The van der Waals surface area contributed by atoms with Gasteiger partial charge in [0.1, 0.15) is 0 Å². The third-order valence-corrected chi connectivity index (χ3v) is 4.57. The van der Waals surface area contributed by atoms with Crippen molar-refractivity contribution in [2.24, 2.45) is 5.92 Å². The van der Waals surface area contributed by atoms with E-state index >= 15 is 0 Å². The molecular formula is C14H28N2. The van der Waals surface area contributed by atoms with Crippen LogP contribution in [0.5, 0.6) is 0 Å². The van der Waals surface area contributed by atoms with Crippen molar-refractivity contribution in [1.29, 1.82) is 0 Å². The first kappa shape index (κ1) is 12.4. The minimum Gasteiger partial charge on any atom is -0.316 e. The first-order chi connectivity index (χ1) is 7.83. The Bertz CT molecular complexity index is 199. The quantitative estimate of drug-likeness (QED) is 0.793. The molecule has 1 aliphatic carbocycles. The van der Waals surface area contributed by atoms with Crippen molar-refractivity contribution in [3.8, 4) is 0 Å². The van der Waals surface area contributed by atoms with E-state index in [2.05, 4.69) is 24.1 Å². The van der Waals surface area contributed by atoms with Gasteiger partial charge in [-0.15, -0.1) is 0 Å². The smallest absolute Gasteiger partial charge is 0.0148 e. The highest BCUT2D eigenvalue weighted by molar-refractivity contribution is 4.87. The molecule has 16 heavy (non-hydrogen) atoms. The van der Waals surface area contributed by atoms with Gasteiger partial charge in [0.25, 0.3) is 0 Å². The SMILES string of the molecule is CCN(C1CCCCC1)C1CCNCC1C. The summed E-state index contributed by atoms with van der Waals surface area (Å²) in [6.07, 6.45) is 8.64. The molecule has 2 heteroatoms. The first-order valence-corrected chi connectivity index (χ1v) is 7.29. The number of nitrogens with one attached hydrogen (secondary N) is 1. The molecule has 0 radical (unpaired) electrons. The Morgan fingerprint density at radius 2 is 1.88 bits per heavy atom. The molecule has 0 bridgehead atoms. The molecule has 2 rings (SSSR count). The van der Waals surface area contributed by atoms with Crippen molar-refractivity contribution in [1.82, 2.24) is 10.2 Å². The second-order valence-corrected chi connectivity index (χ2v) is 5.66. The molecule has 1 aliphatic heterocycles. The fourth-order valence-electron chi connectivity index (χ4n) is 3.67. The summed E-state index contributed by atoms with van der Waals surface area (Å²) in [6, 6.07) is 1.73. The minimum absolute atomic E-state index is 0.829. The number of hydrogen-bond donors (Lipinski definition) is 1. The largest absolute Gasteiger partial charge is 0.316 e. The summed E-state index contributed by atoms with van der Waals surface area (Å²) in [5, 5.41) is 3.52. The summed E-state index contributed by atoms with van der Waals surface area (Å²) in [5.74, 6) is 0.829. The number of rotatable bonds is 3. The van der Waals surface area contributed by atoms with E-state index in [0.29, 0.717) is 0 Å². The lowest BCUT2D eigenvalue weighted by Crippen LogP contribution is -2.52. The maximum atomic E-state index is 3.52. The predicted octanol–water partition coefficient (Wildman–Crippen LogP) is 2.64. The summed E-state index contributed by atoms with van der Waals surface area (Å²) in [4.78, 5) is 2.82. The van der Waals surface area contributed by atoms with E-state index in [9.17, 15) is 0 Å². The van der Waals surface area contributed by atoms with Crippen LogP contribution in [0.3, 0.4) is 0 Å². The Morgan fingerprint density at radius 1 is 1.12 bits per heavy atom. The Hall–Kier alpha value is -0.0800. The van der Waals surface area contributed by atoms with Gasteiger partial charge in [0.2, 0.25) is 0 Å². The maximum absolute atomic E-state index is 3.52. The predicted molar refractivity (Wildman–Crippen MR) is 69.7 cm³/mol. The Labute approximate surface area is 101 Å². The molecule has 0 aromatic carbocycles. The van der Waals surface area contributed by atoms with Crippen LogP contribution in [-0.4, -0.2) is 36.6 Å². The lowest BCUT2D eigenvalue weighted by Gasteiger charge is -2.44. The number of piperidine rings is 1. The first-order valence-electron chi connectivity index (χ1n) is 7.29. The highest BCUT2D eigenvalue weighted by atomic mass is 15.2. The normalized spacial score (nSPS) is 33.2. The third kappa shape index (κ3) is 2.78. The van der Waals surface area contributed by atoms with Crippen molar-refractivity contribution in [3.63, 3.8) is 0 Å². The van der Waals surface area contributed by atoms with E-state index in [1.54, 1.807) is 0 Å². The number of nitrogens with zero attached hydrogens (tertiary/aromatic N) is 1. The van der Waals surface area contributed by atoms with Crippen molar-refractivity contribution in [2.75, 3.05) is 19.6 Å². The second-order valence-electron chi connectivity index (χ2n) is 5.66. The average Bonchev–Trinajstić information content (AvgIpc) is 2.34. The third-order valence-electron chi connectivity index (χ3n) is 4.57. The van der Waals surface area contributed by atoms with Crippen LogP contribution in [0.15, 0.2) is 0 Å². The fourth-order valence-corrected chi connectivity index (χ4v) is 3.67. The second kappa shape index (κ2) is 6.02. The maximum Gasteiger partial charge on any atom is 0.0148 e. The zero-order valence-corrected chi connectivity index (χ0v) is 11.0. The molecule has 1 heterocycles. The van der Waals surface area contributed by atoms with E-state index in [-0.39, 0.29) is 0 Å². The number of hydrogen-bond acceptors (Lipinski definition) is 2. The minimum atomic E-state index is 0.829. The summed E-state index contributed by atoms with van der Waals surface area (Å²) in [6.45, 7) is 8.46. The summed E-state index contributed by atoms with van der Waals surface area (Å²) < 4.78 is 0. The van der Waals surface area contributed by atoms with Crippen LogP contribution in [-0.2, 0) is 0 Å². The van der Waals surface area contributed by atoms with Crippen molar-refractivity contribution < 1.29 is 0 Å². The molecular weight excluding hydrogens is 196 g/mol. The van der Waals surface area contributed by atoms with Crippen LogP contribution >= 0.6 is 0 Å². The molecule has 2 fully saturated rings. The Balaban J connectivity index is 1.96. The van der Waals surface area contributed by atoms with Gasteiger partial charge in [0, 0.05) is 12.1 Å². The molecule has 0 amide bonds. The Kier molecular flexibility index (Phi) is 4.66. The van der Waals surface area contributed by atoms with Crippen LogP contribution in [0.2, 0.25) is 0 Å². The molecule has 2 aliphatic rings. The molecule has 0 aromatic heterocycles. The lowest BCUT2D eigenvalue weighted by atomic mass is 9.88. The lowest BCUT2D eigenvalue weighted by molar-refractivity contribution is 0.0622. The molecule has 2 unspecified atom stereocenters. The molecule has 0 aromatic rings. The van der Waals surface area contributed by atoms with E-state index in [1.165, 1.54) is 58.2 Å².